The number of nitrogens with one attached hydrogen (secondary N) is 2. The molecule has 0 radical (unpaired) electrons. The quantitative estimate of drug-likeness (QED) is 0.734. The molecule has 7 heteroatoms. The van der Waals surface area contributed by atoms with Crippen LogP contribution in [0.2, 0.25) is 5.02 Å². The largest absolute Gasteiger partial charge is 0.389 e. The van der Waals surface area contributed by atoms with Crippen molar-refractivity contribution < 1.29 is 19.1 Å². The molecule has 0 heterocycles. The summed E-state index contributed by atoms with van der Waals surface area (Å²) in [6, 6.07) is 3.55. The van der Waals surface area contributed by atoms with Crippen LogP contribution in [0.5, 0.6) is 0 Å². The van der Waals surface area contributed by atoms with E-state index >= 15 is 0 Å². The molecule has 0 unspecified atom stereocenters. The molecule has 1 aromatic rings. The maximum atomic E-state index is 12.9. The molecule has 0 aliphatic heterocycles. The van der Waals surface area contributed by atoms with Gasteiger partial charge in [0.05, 0.1) is 10.6 Å². The number of aliphatic hydroxyl groups is 1. The predicted octanol–water partition coefficient (Wildman–Crippen LogP) is 1.30. The molecule has 0 saturated carbocycles. The third-order valence-corrected chi connectivity index (χ3v) is 2.35. The number of rotatable bonds is 3. The summed E-state index contributed by atoms with van der Waals surface area (Å²) in [5.41, 5.74) is -0.912. The topological polar surface area (TPSA) is 78.4 Å². The zero-order valence-electron chi connectivity index (χ0n) is 10.5. The Kier molecular flexibility index (Phi) is 4.85. The summed E-state index contributed by atoms with van der Waals surface area (Å²) >= 11 is 5.54. The summed E-state index contributed by atoms with van der Waals surface area (Å²) in [6.07, 6.45) is 0. The van der Waals surface area contributed by atoms with Crippen molar-refractivity contribution in [1.29, 1.82) is 0 Å². The highest BCUT2D eigenvalue weighted by Crippen LogP contribution is 2.19. The molecule has 104 valence electrons. The van der Waals surface area contributed by atoms with Gasteiger partial charge in [0, 0.05) is 12.2 Å². The summed E-state index contributed by atoms with van der Waals surface area (Å²) in [6.45, 7) is 2.92. The Hall–Kier alpha value is -1.66. The smallest absolute Gasteiger partial charge is 0.313 e. The molecule has 0 atom stereocenters. The fourth-order valence-corrected chi connectivity index (χ4v) is 1.32. The number of carbonyl (C=O) groups is 2. The van der Waals surface area contributed by atoms with Gasteiger partial charge < -0.3 is 15.7 Å². The van der Waals surface area contributed by atoms with Crippen molar-refractivity contribution in [3.8, 4) is 0 Å². The highest BCUT2D eigenvalue weighted by atomic mass is 35.5. The Morgan fingerprint density at radius 1 is 1.37 bits per heavy atom. The van der Waals surface area contributed by atoms with Gasteiger partial charge in [-0.1, -0.05) is 11.6 Å². The molecule has 0 saturated heterocycles. The van der Waals surface area contributed by atoms with Crippen LogP contribution in [0.1, 0.15) is 13.8 Å². The molecular formula is C12H14ClFN2O3. The van der Waals surface area contributed by atoms with Gasteiger partial charge in [-0.05, 0) is 32.0 Å². The van der Waals surface area contributed by atoms with Crippen molar-refractivity contribution in [3.05, 3.63) is 29.0 Å². The van der Waals surface area contributed by atoms with Crippen LogP contribution in [-0.2, 0) is 9.59 Å². The molecule has 1 rings (SSSR count). The summed E-state index contributed by atoms with van der Waals surface area (Å²) in [5, 5.41) is 13.8. The first-order valence-corrected chi connectivity index (χ1v) is 5.83. The Bertz CT molecular complexity index is 500. The van der Waals surface area contributed by atoms with Gasteiger partial charge in [0.2, 0.25) is 0 Å². The van der Waals surface area contributed by atoms with Crippen molar-refractivity contribution in [1.82, 2.24) is 5.32 Å². The second-order valence-corrected chi connectivity index (χ2v) is 4.99. The standard InChI is InChI=1S/C12H14ClFN2O3/c1-12(2,19)6-15-10(17)11(18)16-7-3-4-9(14)8(13)5-7/h3-5,19H,6H2,1-2H3,(H,15,17)(H,16,18). The normalized spacial score (nSPS) is 11.0. The Balaban J connectivity index is 2.59. The van der Waals surface area contributed by atoms with Crippen LogP contribution in [-0.4, -0.2) is 29.1 Å². The highest BCUT2D eigenvalue weighted by Gasteiger charge is 2.18. The molecule has 0 aliphatic carbocycles. The van der Waals surface area contributed by atoms with Gasteiger partial charge in [0.15, 0.2) is 0 Å². The van der Waals surface area contributed by atoms with Crippen LogP contribution in [0.3, 0.4) is 0 Å². The van der Waals surface area contributed by atoms with Crippen LogP contribution < -0.4 is 10.6 Å². The molecule has 1 aromatic carbocycles. The molecule has 0 spiro atoms. The monoisotopic (exact) mass is 288 g/mol. The maximum absolute atomic E-state index is 12.9. The van der Waals surface area contributed by atoms with Gasteiger partial charge in [0.25, 0.3) is 0 Å². The molecule has 5 nitrogen and oxygen atoms in total. The van der Waals surface area contributed by atoms with E-state index in [1.165, 1.54) is 26.0 Å². The molecule has 0 aliphatic rings. The van der Waals surface area contributed by atoms with Gasteiger partial charge in [0.1, 0.15) is 5.82 Å². The van der Waals surface area contributed by atoms with Gasteiger partial charge in [-0.15, -0.1) is 0 Å². The Morgan fingerprint density at radius 2 is 2.00 bits per heavy atom. The average Bonchev–Trinajstić information content (AvgIpc) is 2.29. The molecule has 0 fully saturated rings. The second-order valence-electron chi connectivity index (χ2n) is 4.58. The van der Waals surface area contributed by atoms with Crippen LogP contribution in [0.25, 0.3) is 0 Å². The van der Waals surface area contributed by atoms with Crippen LogP contribution in [0.15, 0.2) is 18.2 Å². The van der Waals surface area contributed by atoms with Gasteiger partial charge in [-0.25, -0.2) is 4.39 Å². The van der Waals surface area contributed by atoms with E-state index in [4.69, 9.17) is 11.6 Å². The summed E-state index contributed by atoms with van der Waals surface area (Å²) in [7, 11) is 0. The van der Waals surface area contributed by atoms with E-state index in [9.17, 15) is 19.1 Å². The van der Waals surface area contributed by atoms with E-state index in [1.807, 2.05) is 0 Å². The van der Waals surface area contributed by atoms with Crippen LogP contribution in [0.4, 0.5) is 10.1 Å². The lowest BCUT2D eigenvalue weighted by Gasteiger charge is -2.17. The number of hydrogen-bond donors (Lipinski definition) is 3. The molecule has 3 N–H and O–H groups in total. The van der Waals surface area contributed by atoms with E-state index in [-0.39, 0.29) is 17.3 Å². The molecule has 0 bridgehead atoms. The van der Waals surface area contributed by atoms with E-state index in [0.717, 1.165) is 6.07 Å². The van der Waals surface area contributed by atoms with Crippen molar-refractivity contribution in [2.24, 2.45) is 0 Å². The lowest BCUT2D eigenvalue weighted by Crippen LogP contribution is -2.43. The van der Waals surface area contributed by atoms with Crippen molar-refractivity contribution in [2.45, 2.75) is 19.4 Å². The number of anilines is 1. The summed E-state index contributed by atoms with van der Waals surface area (Å²) in [5.74, 6) is -2.44. The van der Waals surface area contributed by atoms with E-state index in [2.05, 4.69) is 10.6 Å². The van der Waals surface area contributed by atoms with Gasteiger partial charge in [-0.3, -0.25) is 9.59 Å². The Labute approximate surface area is 114 Å². The lowest BCUT2D eigenvalue weighted by molar-refractivity contribution is -0.136. The molecular weight excluding hydrogens is 275 g/mol. The number of benzene rings is 1. The second kappa shape index (κ2) is 5.99. The number of halogens is 2. The Morgan fingerprint density at radius 3 is 2.53 bits per heavy atom. The summed E-state index contributed by atoms with van der Waals surface area (Å²) in [4.78, 5) is 22.9. The third-order valence-electron chi connectivity index (χ3n) is 2.07. The van der Waals surface area contributed by atoms with E-state index < -0.39 is 23.2 Å². The van der Waals surface area contributed by atoms with Crippen LogP contribution in [0, 0.1) is 5.82 Å². The first kappa shape index (κ1) is 15.4. The fraction of sp³-hybridized carbons (Fsp3) is 0.333. The maximum Gasteiger partial charge on any atom is 0.313 e. The minimum Gasteiger partial charge on any atom is -0.389 e. The molecule has 19 heavy (non-hydrogen) atoms. The van der Waals surface area contributed by atoms with Gasteiger partial charge in [-0.2, -0.15) is 0 Å². The fourth-order valence-electron chi connectivity index (χ4n) is 1.14. The first-order valence-electron chi connectivity index (χ1n) is 5.45. The highest BCUT2D eigenvalue weighted by molar-refractivity contribution is 6.39. The lowest BCUT2D eigenvalue weighted by atomic mass is 10.1. The third kappa shape index (κ3) is 5.23. The van der Waals surface area contributed by atoms with Crippen molar-refractivity contribution in [3.63, 3.8) is 0 Å². The molecule has 0 aromatic heterocycles. The number of carbonyl (C=O) groups excluding carboxylic acids is 2. The van der Waals surface area contributed by atoms with Crippen molar-refractivity contribution >= 4 is 29.1 Å². The number of hydrogen-bond acceptors (Lipinski definition) is 3. The van der Waals surface area contributed by atoms with Gasteiger partial charge >= 0.3 is 11.8 Å². The minimum absolute atomic E-state index is 0.0660. The van der Waals surface area contributed by atoms with Crippen LogP contribution >= 0.6 is 11.6 Å². The first-order chi connectivity index (χ1) is 8.69. The predicted molar refractivity (Wildman–Crippen MR) is 69.3 cm³/mol. The zero-order chi connectivity index (χ0) is 14.6. The summed E-state index contributed by atoms with van der Waals surface area (Å²) < 4.78 is 12.9. The van der Waals surface area contributed by atoms with E-state index in [0.29, 0.717) is 0 Å². The zero-order valence-corrected chi connectivity index (χ0v) is 11.2. The SMILES string of the molecule is CC(C)(O)CNC(=O)C(=O)Nc1ccc(F)c(Cl)c1. The van der Waals surface area contributed by atoms with E-state index in [1.54, 1.807) is 0 Å². The molecule has 2 amide bonds. The average molecular weight is 289 g/mol. The minimum atomic E-state index is -1.12. The van der Waals surface area contributed by atoms with Crippen molar-refractivity contribution in [2.75, 3.05) is 11.9 Å². The number of amides is 2.